The topological polar surface area (TPSA) is 18.5 Å². The molecule has 0 fully saturated rings. The van der Waals surface area contributed by atoms with Crippen molar-refractivity contribution in [2.24, 2.45) is 0 Å². The van der Waals surface area contributed by atoms with Crippen LogP contribution in [-0.2, 0) is 0 Å². The molecule has 2 rings (SSSR count). The summed E-state index contributed by atoms with van der Waals surface area (Å²) in [7, 11) is 0.997. The molecule has 0 radical (unpaired) electrons. The maximum atomic E-state index is 13.7. The first-order chi connectivity index (χ1) is 11.1. The third-order valence-corrected chi connectivity index (χ3v) is 2.89. The summed E-state index contributed by atoms with van der Waals surface area (Å²) in [4.78, 5) is 0. The molecule has 0 aromatic heterocycles. The molecule has 0 heterocycles. The van der Waals surface area contributed by atoms with Crippen LogP contribution in [0.4, 0.5) is 35.1 Å². The minimum atomic E-state index is -5.16. The van der Waals surface area contributed by atoms with Crippen molar-refractivity contribution in [3.8, 4) is 22.6 Å². The van der Waals surface area contributed by atoms with Crippen molar-refractivity contribution in [1.82, 2.24) is 0 Å². The van der Waals surface area contributed by atoms with Crippen molar-refractivity contribution < 1.29 is 44.6 Å². The molecule has 2 aromatic rings. The fraction of sp³-hybridized carbons (Fsp3) is 0.143. The van der Waals surface area contributed by atoms with Gasteiger partial charge in [-0.25, -0.2) is 22.0 Å². The SMILES string of the molecule is COc1ccc(-c2c(F)c(F)c(F)c(F)c2F)cc1OC(F)(F)F. The van der Waals surface area contributed by atoms with Crippen molar-refractivity contribution >= 4 is 0 Å². The second-order valence-electron chi connectivity index (χ2n) is 4.36. The van der Waals surface area contributed by atoms with Crippen LogP contribution in [0.2, 0.25) is 0 Å². The summed E-state index contributed by atoms with van der Waals surface area (Å²) >= 11 is 0. The Labute approximate surface area is 129 Å². The van der Waals surface area contributed by atoms with E-state index in [1.807, 2.05) is 0 Å². The van der Waals surface area contributed by atoms with Crippen molar-refractivity contribution in [3.63, 3.8) is 0 Å². The number of methoxy groups -OCH3 is 1. The fourth-order valence-electron chi connectivity index (χ4n) is 1.89. The molecule has 0 aliphatic heterocycles. The second-order valence-corrected chi connectivity index (χ2v) is 4.36. The Morgan fingerprint density at radius 3 is 1.71 bits per heavy atom. The Bertz CT molecular complexity index is 756. The molecule has 24 heavy (non-hydrogen) atoms. The number of alkyl halides is 3. The van der Waals surface area contributed by atoms with E-state index in [9.17, 15) is 35.1 Å². The number of hydrogen-bond acceptors (Lipinski definition) is 2. The standard InChI is InChI=1S/C14H6F8O2/c1-23-6-3-2-5(4-7(6)24-14(20,21)22)8-9(15)11(17)13(19)12(18)10(8)16/h2-4H,1H3. The molecule has 0 bridgehead atoms. The quantitative estimate of drug-likeness (QED) is 0.439. The van der Waals surface area contributed by atoms with Gasteiger partial charge in [-0.2, -0.15) is 0 Å². The molecule has 10 heteroatoms. The van der Waals surface area contributed by atoms with Gasteiger partial charge >= 0.3 is 6.36 Å². The van der Waals surface area contributed by atoms with E-state index in [2.05, 4.69) is 9.47 Å². The van der Waals surface area contributed by atoms with Crippen LogP contribution in [0.5, 0.6) is 11.5 Å². The predicted molar refractivity (Wildman–Crippen MR) is 64.9 cm³/mol. The molecule has 0 atom stereocenters. The van der Waals surface area contributed by atoms with Gasteiger partial charge in [0.05, 0.1) is 12.7 Å². The highest BCUT2D eigenvalue weighted by molar-refractivity contribution is 5.68. The first-order valence-electron chi connectivity index (χ1n) is 6.02. The van der Waals surface area contributed by atoms with Crippen LogP contribution in [0, 0.1) is 29.1 Å². The monoisotopic (exact) mass is 358 g/mol. The Morgan fingerprint density at radius 1 is 0.750 bits per heavy atom. The Kier molecular flexibility index (Phi) is 4.59. The lowest BCUT2D eigenvalue weighted by molar-refractivity contribution is -0.275. The van der Waals surface area contributed by atoms with Crippen LogP contribution in [0.1, 0.15) is 0 Å². The first-order valence-corrected chi connectivity index (χ1v) is 6.02. The molecule has 0 unspecified atom stereocenters. The van der Waals surface area contributed by atoms with E-state index < -0.39 is 58.1 Å². The summed E-state index contributed by atoms with van der Waals surface area (Å²) in [6.07, 6.45) is -5.16. The number of benzene rings is 2. The molecule has 0 amide bonds. The summed E-state index contributed by atoms with van der Waals surface area (Å²) in [5.41, 5.74) is -2.11. The van der Waals surface area contributed by atoms with Crippen LogP contribution >= 0.6 is 0 Å². The van der Waals surface area contributed by atoms with Crippen LogP contribution in [0.15, 0.2) is 18.2 Å². The lowest BCUT2D eigenvalue weighted by Gasteiger charge is -2.15. The highest BCUT2D eigenvalue weighted by Crippen LogP contribution is 2.38. The molecular weight excluding hydrogens is 352 g/mol. The molecule has 0 saturated heterocycles. The van der Waals surface area contributed by atoms with Gasteiger partial charge in [-0.1, -0.05) is 6.07 Å². The van der Waals surface area contributed by atoms with E-state index in [1.54, 1.807) is 0 Å². The summed E-state index contributed by atoms with van der Waals surface area (Å²) in [5.74, 6) is -12.7. The number of ether oxygens (including phenoxy) is 2. The van der Waals surface area contributed by atoms with E-state index >= 15 is 0 Å². The van der Waals surface area contributed by atoms with Crippen LogP contribution in [0.3, 0.4) is 0 Å². The Morgan fingerprint density at radius 2 is 1.25 bits per heavy atom. The summed E-state index contributed by atoms with van der Waals surface area (Å²) in [6.45, 7) is 0. The average Bonchev–Trinajstić information content (AvgIpc) is 2.50. The summed E-state index contributed by atoms with van der Waals surface area (Å²) < 4.78 is 112. The largest absolute Gasteiger partial charge is 0.573 e. The highest BCUT2D eigenvalue weighted by atomic mass is 19.4. The van der Waals surface area contributed by atoms with Gasteiger partial charge in [0.25, 0.3) is 0 Å². The molecule has 0 aliphatic rings. The van der Waals surface area contributed by atoms with Gasteiger partial charge in [-0.3, -0.25) is 0 Å². The normalized spacial score (nSPS) is 11.5. The van der Waals surface area contributed by atoms with Crippen LogP contribution in [0.25, 0.3) is 11.1 Å². The molecular formula is C14H6F8O2. The van der Waals surface area contributed by atoms with Gasteiger partial charge in [-0.15, -0.1) is 13.2 Å². The van der Waals surface area contributed by atoms with Crippen molar-refractivity contribution in [1.29, 1.82) is 0 Å². The summed E-state index contributed by atoms with van der Waals surface area (Å²) in [5, 5.41) is 0. The third-order valence-electron chi connectivity index (χ3n) is 2.89. The zero-order valence-electron chi connectivity index (χ0n) is 11.6. The molecule has 2 nitrogen and oxygen atoms in total. The summed E-state index contributed by atoms with van der Waals surface area (Å²) in [6, 6.07) is 2.10. The van der Waals surface area contributed by atoms with Crippen molar-refractivity contribution in [3.05, 3.63) is 47.3 Å². The lowest BCUT2D eigenvalue weighted by atomic mass is 10.0. The van der Waals surface area contributed by atoms with Crippen LogP contribution in [-0.4, -0.2) is 13.5 Å². The van der Waals surface area contributed by atoms with E-state index in [0.29, 0.717) is 6.07 Å². The lowest BCUT2D eigenvalue weighted by Crippen LogP contribution is -2.17. The second kappa shape index (κ2) is 6.17. The number of rotatable bonds is 3. The van der Waals surface area contributed by atoms with Gasteiger partial charge in [-0.05, 0) is 17.7 Å². The van der Waals surface area contributed by atoms with Gasteiger partial charge in [0.1, 0.15) is 0 Å². The Balaban J connectivity index is 2.69. The minimum Gasteiger partial charge on any atom is -0.493 e. The predicted octanol–water partition coefficient (Wildman–Crippen LogP) is 4.96. The van der Waals surface area contributed by atoms with Gasteiger partial charge in [0.2, 0.25) is 5.82 Å². The first kappa shape index (κ1) is 17.8. The molecule has 0 spiro atoms. The Hall–Kier alpha value is -2.52. The molecule has 2 aromatic carbocycles. The maximum absolute atomic E-state index is 13.7. The zero-order chi connectivity index (χ0) is 18.2. The molecule has 0 saturated carbocycles. The number of hydrogen-bond donors (Lipinski definition) is 0. The third kappa shape index (κ3) is 3.22. The van der Waals surface area contributed by atoms with Crippen molar-refractivity contribution in [2.75, 3.05) is 7.11 Å². The zero-order valence-corrected chi connectivity index (χ0v) is 11.6. The highest BCUT2D eigenvalue weighted by Gasteiger charge is 2.33. The van der Waals surface area contributed by atoms with Gasteiger partial charge in [0.15, 0.2) is 34.8 Å². The van der Waals surface area contributed by atoms with Crippen LogP contribution < -0.4 is 9.47 Å². The fourth-order valence-corrected chi connectivity index (χ4v) is 1.89. The van der Waals surface area contributed by atoms with Gasteiger partial charge < -0.3 is 9.47 Å². The van der Waals surface area contributed by atoms with E-state index in [0.717, 1.165) is 19.2 Å². The molecule has 0 N–H and O–H groups in total. The molecule has 0 aliphatic carbocycles. The van der Waals surface area contributed by atoms with Crippen molar-refractivity contribution in [2.45, 2.75) is 6.36 Å². The van der Waals surface area contributed by atoms with E-state index in [-0.39, 0.29) is 0 Å². The van der Waals surface area contributed by atoms with E-state index in [1.165, 1.54) is 0 Å². The number of halogens is 8. The maximum Gasteiger partial charge on any atom is 0.573 e. The molecule has 130 valence electrons. The average molecular weight is 358 g/mol. The van der Waals surface area contributed by atoms with Gasteiger partial charge in [0, 0.05) is 0 Å². The smallest absolute Gasteiger partial charge is 0.493 e. The minimum absolute atomic E-state index is 0.449. The van der Waals surface area contributed by atoms with E-state index in [4.69, 9.17) is 0 Å².